The second kappa shape index (κ2) is 5.07. The molecule has 0 aromatic heterocycles. The Labute approximate surface area is 186 Å². The Morgan fingerprint density at radius 3 is 1.78 bits per heavy atom. The second-order valence-electron chi connectivity index (χ2n) is 11.9. The fraction of sp³-hybridized carbons (Fsp3) is 0.750. The van der Waals surface area contributed by atoms with Gasteiger partial charge >= 0.3 is 23.9 Å². The molecule has 172 valence electrons. The summed E-state index contributed by atoms with van der Waals surface area (Å²) < 4.78 is 22.1. The first-order valence-corrected chi connectivity index (χ1v) is 11.3. The van der Waals surface area contributed by atoms with Crippen LogP contribution in [0.2, 0.25) is 0 Å². The van der Waals surface area contributed by atoms with Gasteiger partial charge in [0.2, 0.25) is 0 Å². The van der Waals surface area contributed by atoms with E-state index < -0.39 is 46.3 Å². The van der Waals surface area contributed by atoms with Gasteiger partial charge in [0, 0.05) is 27.7 Å². The van der Waals surface area contributed by atoms with Crippen molar-refractivity contribution in [2.24, 2.45) is 33.5 Å². The molecule has 3 saturated carbocycles. The van der Waals surface area contributed by atoms with Gasteiger partial charge in [-0.1, -0.05) is 12.5 Å². The van der Waals surface area contributed by atoms with E-state index >= 15 is 0 Å². The van der Waals surface area contributed by atoms with Crippen molar-refractivity contribution in [2.45, 2.75) is 78.8 Å². The van der Waals surface area contributed by atoms with E-state index in [9.17, 15) is 19.2 Å². The van der Waals surface area contributed by atoms with Gasteiger partial charge in [0.05, 0.1) is 0 Å². The fourth-order valence-corrected chi connectivity index (χ4v) is 8.14. The summed E-state index contributed by atoms with van der Waals surface area (Å²) in [5, 5.41) is 0. The summed E-state index contributed by atoms with van der Waals surface area (Å²) in [6.07, 6.45) is 1.92. The van der Waals surface area contributed by atoms with E-state index in [1.54, 1.807) is 27.7 Å². The van der Waals surface area contributed by atoms with Crippen molar-refractivity contribution in [1.29, 1.82) is 0 Å². The standard InChI is InChI=1S/C24H28O8/c1-11-12-7-21(6)10-23(17(27)31-20(4,5)32-18(23)28)14-9-24(14,21)13(12)8-22(11)15(25)29-19(2,3)30-16(22)26/h13-14H,7-10H2,1-6H3. The lowest BCUT2D eigenvalue weighted by molar-refractivity contribution is -0.254. The highest BCUT2D eigenvalue weighted by Crippen LogP contribution is 2.89. The highest BCUT2D eigenvalue weighted by Gasteiger charge is 2.89. The van der Waals surface area contributed by atoms with Crippen LogP contribution in [0.25, 0.3) is 0 Å². The van der Waals surface area contributed by atoms with Crippen LogP contribution in [0.4, 0.5) is 0 Å². The molecule has 8 heteroatoms. The van der Waals surface area contributed by atoms with Crippen molar-refractivity contribution < 1.29 is 38.1 Å². The molecule has 0 amide bonds. The van der Waals surface area contributed by atoms with Gasteiger partial charge < -0.3 is 18.9 Å². The molecular weight excluding hydrogens is 416 g/mol. The van der Waals surface area contributed by atoms with Crippen LogP contribution >= 0.6 is 0 Å². The van der Waals surface area contributed by atoms with Gasteiger partial charge in [0.1, 0.15) is 0 Å². The molecule has 6 aliphatic rings. The Bertz CT molecular complexity index is 1040. The summed E-state index contributed by atoms with van der Waals surface area (Å²) in [6.45, 7) is 10.2. The van der Waals surface area contributed by atoms with Gasteiger partial charge in [-0.05, 0) is 60.8 Å². The second-order valence-corrected chi connectivity index (χ2v) is 11.9. The number of hydrogen-bond acceptors (Lipinski definition) is 8. The van der Waals surface area contributed by atoms with E-state index in [2.05, 4.69) is 6.92 Å². The van der Waals surface area contributed by atoms with E-state index in [4.69, 9.17) is 18.9 Å². The zero-order chi connectivity index (χ0) is 23.3. The monoisotopic (exact) mass is 444 g/mol. The highest BCUT2D eigenvalue weighted by atomic mass is 16.8. The molecule has 0 N–H and O–H groups in total. The number of rotatable bonds is 0. The molecule has 0 bridgehead atoms. The Morgan fingerprint density at radius 2 is 1.25 bits per heavy atom. The minimum Gasteiger partial charge on any atom is -0.422 e. The summed E-state index contributed by atoms with van der Waals surface area (Å²) in [5.74, 6) is -5.05. The summed E-state index contributed by atoms with van der Waals surface area (Å²) in [7, 11) is 0. The normalized spacial score (nSPS) is 43.3. The largest absolute Gasteiger partial charge is 0.422 e. The van der Waals surface area contributed by atoms with E-state index in [1.807, 2.05) is 6.92 Å². The first-order chi connectivity index (χ1) is 14.7. The van der Waals surface area contributed by atoms with Crippen LogP contribution in [0.15, 0.2) is 11.1 Å². The molecular formula is C24H28O8. The number of carbonyl (C=O) groups is 4. The lowest BCUT2D eigenvalue weighted by Gasteiger charge is -2.41. The molecule has 2 heterocycles. The van der Waals surface area contributed by atoms with E-state index in [1.165, 1.54) is 0 Å². The molecule has 0 aromatic carbocycles. The average molecular weight is 444 g/mol. The van der Waals surface area contributed by atoms with Crippen molar-refractivity contribution in [3.05, 3.63) is 11.1 Å². The number of cyclic esters (lactones) is 4. The van der Waals surface area contributed by atoms with Crippen molar-refractivity contribution >= 4 is 23.9 Å². The number of allylic oxidation sites excluding steroid dienone is 1. The van der Waals surface area contributed by atoms with Gasteiger partial charge in [-0.2, -0.15) is 0 Å². The van der Waals surface area contributed by atoms with Gasteiger partial charge in [-0.3, -0.25) is 19.2 Å². The van der Waals surface area contributed by atoms with Gasteiger partial charge in [-0.25, -0.2) is 0 Å². The maximum atomic E-state index is 13.2. The maximum Gasteiger partial charge on any atom is 0.331 e. The number of ether oxygens (including phenoxy) is 4. The summed E-state index contributed by atoms with van der Waals surface area (Å²) in [4.78, 5) is 52.7. The molecule has 0 radical (unpaired) electrons. The number of fused-ring (bicyclic) bond motifs is 2. The molecule has 0 aromatic rings. The van der Waals surface area contributed by atoms with Crippen LogP contribution in [0.5, 0.6) is 0 Å². The topological polar surface area (TPSA) is 105 Å². The number of esters is 4. The van der Waals surface area contributed by atoms with Crippen molar-refractivity contribution in [1.82, 2.24) is 0 Å². The molecule has 8 nitrogen and oxygen atoms in total. The van der Waals surface area contributed by atoms with Crippen molar-refractivity contribution in [3.8, 4) is 0 Å². The average Bonchev–Trinajstić information content (AvgIpc) is 3.18. The molecule has 32 heavy (non-hydrogen) atoms. The SMILES string of the molecule is CC1=C2CC3(C)CC4(C(=O)OC(C)(C)OC4=O)C4CC43C2CC12C(=O)OC(C)(C)OC2=O. The molecule has 4 atom stereocenters. The maximum absolute atomic E-state index is 13.2. The predicted octanol–water partition coefficient (Wildman–Crippen LogP) is 2.79. The lowest BCUT2D eigenvalue weighted by atomic mass is 9.68. The molecule has 6 rings (SSSR count). The summed E-state index contributed by atoms with van der Waals surface area (Å²) >= 11 is 0. The number of carbonyl (C=O) groups excluding carboxylic acids is 4. The van der Waals surface area contributed by atoms with E-state index in [-0.39, 0.29) is 29.1 Å². The minimum absolute atomic E-state index is 0.0891. The fourth-order valence-electron chi connectivity index (χ4n) is 8.14. The third-order valence-electron chi connectivity index (χ3n) is 9.43. The van der Waals surface area contributed by atoms with E-state index in [0.717, 1.165) is 5.57 Å². The van der Waals surface area contributed by atoms with E-state index in [0.29, 0.717) is 24.8 Å². The van der Waals surface area contributed by atoms with Crippen LogP contribution in [0.3, 0.4) is 0 Å². The quantitative estimate of drug-likeness (QED) is 0.319. The van der Waals surface area contributed by atoms with Crippen LogP contribution in [0, 0.1) is 33.5 Å². The Kier molecular flexibility index (Phi) is 3.21. The Balaban J connectivity index is 1.41. The molecule has 3 spiro atoms. The predicted molar refractivity (Wildman–Crippen MR) is 106 cm³/mol. The number of hydrogen-bond donors (Lipinski definition) is 0. The Hall–Kier alpha value is -2.38. The van der Waals surface area contributed by atoms with Gasteiger partial charge in [-0.15, -0.1) is 0 Å². The molecule has 2 aliphatic heterocycles. The van der Waals surface area contributed by atoms with Gasteiger partial charge in [0.15, 0.2) is 10.8 Å². The zero-order valence-electron chi connectivity index (χ0n) is 19.2. The summed E-state index contributed by atoms with van der Waals surface area (Å²) in [5.41, 5.74) is -1.62. The molecule has 5 fully saturated rings. The first-order valence-electron chi connectivity index (χ1n) is 11.3. The third kappa shape index (κ3) is 1.90. The molecule has 4 unspecified atom stereocenters. The minimum atomic E-state index is -1.44. The summed E-state index contributed by atoms with van der Waals surface area (Å²) in [6, 6.07) is 0. The Morgan fingerprint density at radius 1 is 0.750 bits per heavy atom. The van der Waals surface area contributed by atoms with Gasteiger partial charge in [0.25, 0.3) is 11.6 Å². The van der Waals surface area contributed by atoms with Crippen LogP contribution in [-0.4, -0.2) is 35.5 Å². The lowest BCUT2D eigenvalue weighted by Crippen LogP contribution is -2.54. The van der Waals surface area contributed by atoms with Crippen LogP contribution < -0.4 is 0 Å². The van der Waals surface area contributed by atoms with Crippen LogP contribution in [-0.2, 0) is 38.1 Å². The zero-order valence-corrected chi connectivity index (χ0v) is 19.2. The van der Waals surface area contributed by atoms with Crippen molar-refractivity contribution in [2.75, 3.05) is 0 Å². The van der Waals surface area contributed by atoms with Crippen LogP contribution in [0.1, 0.15) is 67.2 Å². The highest BCUT2D eigenvalue weighted by molar-refractivity contribution is 6.06. The first kappa shape index (κ1) is 20.2. The molecule has 4 aliphatic carbocycles. The molecule has 2 saturated heterocycles. The smallest absolute Gasteiger partial charge is 0.331 e. The van der Waals surface area contributed by atoms with Crippen molar-refractivity contribution in [3.63, 3.8) is 0 Å². The third-order valence-corrected chi connectivity index (χ3v) is 9.43.